The Labute approximate surface area is 113 Å². The first-order chi connectivity index (χ1) is 9.65. The minimum absolute atomic E-state index is 0.0321. The highest BCUT2D eigenvalue weighted by molar-refractivity contribution is 5.78. The lowest BCUT2D eigenvalue weighted by molar-refractivity contribution is -0.385. The molecule has 0 fully saturated rings. The van der Waals surface area contributed by atoms with Gasteiger partial charge in [0.1, 0.15) is 0 Å². The molecule has 1 aromatic heterocycles. The van der Waals surface area contributed by atoms with E-state index in [2.05, 4.69) is 4.98 Å². The van der Waals surface area contributed by atoms with E-state index in [9.17, 15) is 14.9 Å². The molecule has 0 saturated heterocycles. The normalized spacial score (nSPS) is 9.55. The number of ether oxygens (including phenoxy) is 1. The van der Waals surface area contributed by atoms with Crippen molar-refractivity contribution in [2.24, 2.45) is 0 Å². The number of nitrogens with zero attached hydrogens (tertiary/aromatic N) is 3. The van der Waals surface area contributed by atoms with E-state index in [1.54, 1.807) is 12.1 Å². The van der Waals surface area contributed by atoms with Crippen LogP contribution in [-0.4, -0.2) is 16.2 Å². The van der Waals surface area contributed by atoms with Gasteiger partial charge in [0.25, 0.3) is 0 Å². The lowest BCUT2D eigenvalue weighted by Crippen LogP contribution is -1.97. The highest BCUT2D eigenvalue weighted by atomic mass is 16.6. The number of benzene rings is 1. The molecule has 7 nitrogen and oxygen atoms in total. The second-order valence-electron chi connectivity index (χ2n) is 3.67. The van der Waals surface area contributed by atoms with E-state index in [4.69, 9.17) is 10.00 Å². The van der Waals surface area contributed by atoms with Crippen molar-refractivity contribution in [2.45, 2.75) is 0 Å². The van der Waals surface area contributed by atoms with E-state index in [0.717, 1.165) is 6.07 Å². The highest BCUT2D eigenvalue weighted by Gasteiger charge is 2.18. The standard InChI is InChI=1S/C13H7N3O4/c14-7-9-3-4-12(11(6-9)16(18)19)20-13-10(8-17)2-1-5-15-13/h1-6,8H. The third-order valence-electron chi connectivity index (χ3n) is 2.42. The fraction of sp³-hybridized carbons (Fsp3) is 0. The van der Waals surface area contributed by atoms with Crippen LogP contribution >= 0.6 is 0 Å². The first-order valence-corrected chi connectivity index (χ1v) is 5.42. The van der Waals surface area contributed by atoms with Crippen molar-refractivity contribution in [1.82, 2.24) is 4.98 Å². The third kappa shape index (κ3) is 2.59. The number of rotatable bonds is 4. The van der Waals surface area contributed by atoms with Gasteiger partial charge in [-0.1, -0.05) is 0 Å². The third-order valence-corrected chi connectivity index (χ3v) is 2.42. The van der Waals surface area contributed by atoms with Crippen molar-refractivity contribution in [3.05, 3.63) is 57.8 Å². The molecule has 0 radical (unpaired) electrons. The van der Waals surface area contributed by atoms with Crippen LogP contribution < -0.4 is 4.74 Å². The molecule has 20 heavy (non-hydrogen) atoms. The van der Waals surface area contributed by atoms with Crippen LogP contribution in [0.5, 0.6) is 11.6 Å². The molecule has 2 aromatic rings. The Morgan fingerprint density at radius 2 is 2.20 bits per heavy atom. The number of hydrogen-bond donors (Lipinski definition) is 0. The van der Waals surface area contributed by atoms with Crippen molar-refractivity contribution in [1.29, 1.82) is 5.26 Å². The summed E-state index contributed by atoms with van der Waals surface area (Å²) in [6.45, 7) is 0. The molecule has 98 valence electrons. The van der Waals surface area contributed by atoms with Crippen LogP contribution in [0.2, 0.25) is 0 Å². The van der Waals surface area contributed by atoms with Crippen molar-refractivity contribution < 1.29 is 14.5 Å². The minimum atomic E-state index is -0.667. The molecule has 0 aliphatic heterocycles. The molecule has 1 aromatic carbocycles. The smallest absolute Gasteiger partial charge is 0.312 e. The number of pyridine rings is 1. The van der Waals surface area contributed by atoms with Crippen molar-refractivity contribution in [2.75, 3.05) is 0 Å². The molecule has 0 spiro atoms. The quantitative estimate of drug-likeness (QED) is 0.479. The Morgan fingerprint density at radius 1 is 1.40 bits per heavy atom. The molecule has 0 N–H and O–H groups in total. The number of nitro groups is 1. The maximum absolute atomic E-state index is 11.0. The average molecular weight is 269 g/mol. The molecular formula is C13H7N3O4. The van der Waals surface area contributed by atoms with Crippen molar-refractivity contribution in [3.63, 3.8) is 0 Å². The summed E-state index contributed by atoms with van der Waals surface area (Å²) in [5.74, 6) is -0.119. The number of hydrogen-bond acceptors (Lipinski definition) is 6. The van der Waals surface area contributed by atoms with Gasteiger partial charge in [0, 0.05) is 12.3 Å². The second-order valence-corrected chi connectivity index (χ2v) is 3.67. The fourth-order valence-corrected chi connectivity index (χ4v) is 1.50. The van der Waals surface area contributed by atoms with Crippen LogP contribution in [0.15, 0.2) is 36.5 Å². The summed E-state index contributed by atoms with van der Waals surface area (Å²) in [4.78, 5) is 25.0. The summed E-state index contributed by atoms with van der Waals surface area (Å²) in [6.07, 6.45) is 1.94. The molecule has 0 amide bonds. The SMILES string of the molecule is N#Cc1ccc(Oc2ncccc2C=O)c([N+](=O)[O-])c1. The van der Waals surface area contributed by atoms with E-state index >= 15 is 0 Å². The van der Waals surface area contributed by atoms with Gasteiger partial charge in [-0.15, -0.1) is 0 Å². The van der Waals surface area contributed by atoms with Crippen LogP contribution in [0.1, 0.15) is 15.9 Å². The van der Waals surface area contributed by atoms with E-state index in [1.165, 1.54) is 24.4 Å². The first-order valence-electron chi connectivity index (χ1n) is 5.42. The van der Waals surface area contributed by atoms with E-state index in [1.807, 2.05) is 0 Å². The first kappa shape index (κ1) is 13.2. The number of nitro benzene ring substituents is 1. The Hall–Kier alpha value is -3.27. The second kappa shape index (κ2) is 5.58. The van der Waals surface area contributed by atoms with Gasteiger partial charge in [-0.25, -0.2) is 4.98 Å². The molecule has 0 unspecified atom stereocenters. The van der Waals surface area contributed by atoms with E-state index in [-0.39, 0.29) is 28.4 Å². The molecule has 1 heterocycles. The Balaban J connectivity index is 2.46. The molecular weight excluding hydrogens is 262 g/mol. The topological polar surface area (TPSA) is 106 Å². The van der Waals surface area contributed by atoms with Gasteiger partial charge >= 0.3 is 5.69 Å². The molecule has 0 bridgehead atoms. The van der Waals surface area contributed by atoms with Gasteiger partial charge in [0.2, 0.25) is 11.6 Å². The van der Waals surface area contributed by atoms with Crippen molar-refractivity contribution in [3.8, 4) is 17.7 Å². The number of carbonyl (C=O) groups excluding carboxylic acids is 1. The summed E-state index contributed by atoms with van der Waals surface area (Å²) < 4.78 is 5.30. The zero-order valence-corrected chi connectivity index (χ0v) is 10.0. The molecule has 0 atom stereocenters. The monoisotopic (exact) mass is 269 g/mol. The lowest BCUT2D eigenvalue weighted by Gasteiger charge is -2.06. The van der Waals surface area contributed by atoms with Gasteiger partial charge in [-0.05, 0) is 24.3 Å². The summed E-state index contributed by atoms with van der Waals surface area (Å²) >= 11 is 0. The predicted molar refractivity (Wildman–Crippen MR) is 67.5 cm³/mol. The molecule has 0 aliphatic carbocycles. The van der Waals surface area contributed by atoms with Gasteiger partial charge in [0.15, 0.2) is 6.29 Å². The summed E-state index contributed by atoms with van der Waals surface area (Å²) in [5, 5.41) is 19.7. The predicted octanol–water partition coefficient (Wildman–Crippen LogP) is 2.47. The molecule has 2 rings (SSSR count). The zero-order valence-electron chi connectivity index (χ0n) is 10.0. The van der Waals surface area contributed by atoms with Gasteiger partial charge in [-0.2, -0.15) is 5.26 Å². The average Bonchev–Trinajstić information content (AvgIpc) is 2.48. The van der Waals surface area contributed by atoms with E-state index in [0.29, 0.717) is 6.29 Å². The number of nitriles is 1. The maximum atomic E-state index is 11.0. The lowest BCUT2D eigenvalue weighted by atomic mass is 10.2. The van der Waals surface area contributed by atoms with Crippen LogP contribution in [0.25, 0.3) is 0 Å². The zero-order chi connectivity index (χ0) is 14.5. The number of aromatic nitrogens is 1. The van der Waals surface area contributed by atoms with Crippen LogP contribution in [-0.2, 0) is 0 Å². The largest absolute Gasteiger partial charge is 0.431 e. The Kier molecular flexibility index (Phi) is 3.67. The Bertz CT molecular complexity index is 722. The van der Waals surface area contributed by atoms with E-state index < -0.39 is 4.92 Å². The van der Waals surface area contributed by atoms with Crippen LogP contribution in [0, 0.1) is 21.4 Å². The van der Waals surface area contributed by atoms with Crippen LogP contribution in [0.3, 0.4) is 0 Å². The summed E-state index contributed by atoms with van der Waals surface area (Å²) in [5.41, 5.74) is -0.0570. The molecule has 0 aliphatic rings. The summed E-state index contributed by atoms with van der Waals surface area (Å²) in [6, 6.07) is 8.60. The fourth-order valence-electron chi connectivity index (χ4n) is 1.50. The summed E-state index contributed by atoms with van der Waals surface area (Å²) in [7, 11) is 0. The molecule has 0 saturated carbocycles. The Morgan fingerprint density at radius 3 is 2.85 bits per heavy atom. The highest BCUT2D eigenvalue weighted by Crippen LogP contribution is 2.32. The van der Waals surface area contributed by atoms with Gasteiger partial charge < -0.3 is 4.74 Å². The van der Waals surface area contributed by atoms with Gasteiger partial charge in [-0.3, -0.25) is 14.9 Å². The minimum Gasteiger partial charge on any atom is -0.431 e. The van der Waals surface area contributed by atoms with Gasteiger partial charge in [0.05, 0.1) is 22.1 Å². The van der Waals surface area contributed by atoms with Crippen molar-refractivity contribution >= 4 is 12.0 Å². The molecule has 7 heteroatoms. The maximum Gasteiger partial charge on any atom is 0.312 e. The van der Waals surface area contributed by atoms with Crippen LogP contribution in [0.4, 0.5) is 5.69 Å². The number of aldehydes is 1. The number of carbonyl (C=O) groups is 1.